The van der Waals surface area contributed by atoms with Crippen molar-refractivity contribution in [3.05, 3.63) is 0 Å². The minimum atomic E-state index is -0.241. The monoisotopic (exact) mass is 245 g/mol. The molecule has 0 saturated heterocycles. The van der Waals surface area contributed by atoms with E-state index < -0.39 is 0 Å². The molecule has 0 spiro atoms. The van der Waals surface area contributed by atoms with Gasteiger partial charge in [0.2, 0.25) is 5.91 Å². The zero-order chi connectivity index (χ0) is 12.2. The van der Waals surface area contributed by atoms with Crippen LogP contribution in [0.15, 0.2) is 0 Å². The summed E-state index contributed by atoms with van der Waals surface area (Å²) in [5.74, 6) is 2.11. The first-order valence-corrected chi connectivity index (χ1v) is 6.89. The highest BCUT2D eigenvalue weighted by atomic mass is 35.5. The first kappa shape index (κ1) is 13.8. The van der Waals surface area contributed by atoms with Gasteiger partial charge in [-0.1, -0.05) is 27.2 Å². The number of nitrogens with one attached hydrogen (secondary N) is 1. The Morgan fingerprint density at radius 3 is 2.56 bits per heavy atom. The lowest BCUT2D eigenvalue weighted by Gasteiger charge is -2.24. The number of halogens is 1. The number of amides is 1. The molecule has 2 atom stereocenters. The Morgan fingerprint density at radius 2 is 2.00 bits per heavy atom. The molecule has 1 saturated carbocycles. The molecule has 16 heavy (non-hydrogen) atoms. The van der Waals surface area contributed by atoms with Crippen molar-refractivity contribution in [2.24, 2.45) is 17.3 Å². The van der Waals surface area contributed by atoms with Gasteiger partial charge in [-0.25, -0.2) is 0 Å². The van der Waals surface area contributed by atoms with Crippen molar-refractivity contribution in [3.63, 3.8) is 0 Å². The number of hydrogen-bond acceptors (Lipinski definition) is 1. The van der Waals surface area contributed by atoms with Crippen LogP contribution in [0.4, 0.5) is 0 Å². The third-order valence-electron chi connectivity index (χ3n) is 4.04. The Bertz CT molecular complexity index is 240. The van der Waals surface area contributed by atoms with Crippen LogP contribution in [0.2, 0.25) is 0 Å². The largest absolute Gasteiger partial charge is 0.355 e. The van der Waals surface area contributed by atoms with Gasteiger partial charge in [-0.3, -0.25) is 4.79 Å². The highest BCUT2D eigenvalue weighted by Gasteiger charge is 2.29. The quantitative estimate of drug-likeness (QED) is 0.741. The van der Waals surface area contributed by atoms with E-state index in [-0.39, 0.29) is 11.3 Å². The summed E-state index contributed by atoms with van der Waals surface area (Å²) in [5, 5.41) is 3.08. The predicted molar refractivity (Wildman–Crippen MR) is 68.6 cm³/mol. The molecule has 2 unspecified atom stereocenters. The Balaban J connectivity index is 2.37. The van der Waals surface area contributed by atoms with Crippen molar-refractivity contribution in [3.8, 4) is 0 Å². The summed E-state index contributed by atoms with van der Waals surface area (Å²) in [6.45, 7) is 6.85. The van der Waals surface area contributed by atoms with Gasteiger partial charge in [0.15, 0.2) is 0 Å². The first-order chi connectivity index (χ1) is 7.51. The third kappa shape index (κ3) is 3.38. The van der Waals surface area contributed by atoms with Crippen molar-refractivity contribution < 1.29 is 4.79 Å². The Labute approximate surface area is 104 Å². The molecule has 3 heteroatoms. The van der Waals surface area contributed by atoms with Crippen molar-refractivity contribution >= 4 is 17.5 Å². The van der Waals surface area contributed by atoms with Gasteiger partial charge in [0, 0.05) is 17.8 Å². The molecular formula is C13H24ClNO. The molecule has 1 rings (SSSR count). The van der Waals surface area contributed by atoms with Crippen molar-refractivity contribution in [2.45, 2.75) is 46.5 Å². The van der Waals surface area contributed by atoms with Crippen molar-refractivity contribution in [1.29, 1.82) is 0 Å². The average molecular weight is 246 g/mol. The Kier molecular flexibility index (Phi) is 5.10. The first-order valence-electron chi connectivity index (χ1n) is 6.35. The smallest absolute Gasteiger partial charge is 0.225 e. The van der Waals surface area contributed by atoms with Gasteiger partial charge < -0.3 is 5.32 Å². The molecule has 94 valence electrons. The molecule has 0 bridgehead atoms. The SMILES string of the molecule is CCC(C)(C)C(=O)NCC1CCCC1CCl. The lowest BCUT2D eigenvalue weighted by molar-refractivity contribution is -0.129. The zero-order valence-corrected chi connectivity index (χ0v) is 11.4. The Morgan fingerprint density at radius 1 is 1.38 bits per heavy atom. The van der Waals surface area contributed by atoms with E-state index >= 15 is 0 Å². The predicted octanol–water partition coefficient (Wildman–Crippen LogP) is 3.19. The lowest BCUT2D eigenvalue weighted by atomic mass is 9.88. The Hall–Kier alpha value is -0.240. The van der Waals surface area contributed by atoms with Gasteiger partial charge >= 0.3 is 0 Å². The summed E-state index contributed by atoms with van der Waals surface area (Å²) in [7, 11) is 0. The highest BCUT2D eigenvalue weighted by Crippen LogP contribution is 2.32. The molecule has 0 aromatic carbocycles. The molecule has 0 aliphatic heterocycles. The van der Waals surface area contributed by atoms with E-state index in [0.29, 0.717) is 11.8 Å². The van der Waals surface area contributed by atoms with Crippen LogP contribution in [0, 0.1) is 17.3 Å². The van der Waals surface area contributed by atoms with E-state index in [1.54, 1.807) is 0 Å². The summed E-state index contributed by atoms with van der Waals surface area (Å²) in [6, 6.07) is 0. The molecule has 2 nitrogen and oxygen atoms in total. The molecule has 1 amide bonds. The van der Waals surface area contributed by atoms with Crippen LogP contribution >= 0.6 is 11.6 Å². The number of rotatable bonds is 5. The molecule has 0 heterocycles. The second-order valence-electron chi connectivity index (χ2n) is 5.55. The number of hydrogen-bond donors (Lipinski definition) is 1. The van der Waals surface area contributed by atoms with Crippen molar-refractivity contribution in [1.82, 2.24) is 5.32 Å². The van der Waals surface area contributed by atoms with Crippen LogP contribution in [0.25, 0.3) is 0 Å². The fourth-order valence-electron chi connectivity index (χ4n) is 2.21. The molecule has 1 aliphatic carbocycles. The van der Waals surface area contributed by atoms with Gasteiger partial charge in [-0.05, 0) is 31.1 Å². The van der Waals surface area contributed by atoms with Crippen LogP contribution in [-0.2, 0) is 4.79 Å². The van der Waals surface area contributed by atoms with Crippen LogP contribution in [0.1, 0.15) is 46.5 Å². The summed E-state index contributed by atoms with van der Waals surface area (Å²) >= 11 is 5.92. The van der Waals surface area contributed by atoms with E-state index in [2.05, 4.69) is 12.2 Å². The minimum Gasteiger partial charge on any atom is -0.355 e. The van der Waals surface area contributed by atoms with E-state index in [9.17, 15) is 4.79 Å². The lowest BCUT2D eigenvalue weighted by Crippen LogP contribution is -2.39. The van der Waals surface area contributed by atoms with E-state index in [1.165, 1.54) is 19.3 Å². The second-order valence-corrected chi connectivity index (χ2v) is 5.86. The van der Waals surface area contributed by atoms with Gasteiger partial charge in [0.05, 0.1) is 0 Å². The fraction of sp³-hybridized carbons (Fsp3) is 0.923. The fourth-order valence-corrected chi connectivity index (χ4v) is 2.62. The topological polar surface area (TPSA) is 29.1 Å². The summed E-state index contributed by atoms with van der Waals surface area (Å²) < 4.78 is 0. The summed E-state index contributed by atoms with van der Waals surface area (Å²) in [6.07, 6.45) is 4.57. The van der Waals surface area contributed by atoms with Gasteiger partial charge in [0.1, 0.15) is 0 Å². The number of carbonyl (C=O) groups excluding carboxylic acids is 1. The molecule has 1 fully saturated rings. The molecular weight excluding hydrogens is 222 g/mol. The van der Waals surface area contributed by atoms with Crippen LogP contribution < -0.4 is 5.32 Å². The summed E-state index contributed by atoms with van der Waals surface area (Å²) in [4.78, 5) is 11.9. The van der Waals surface area contributed by atoms with Crippen molar-refractivity contribution in [2.75, 3.05) is 12.4 Å². The molecule has 1 aliphatic rings. The van der Waals surface area contributed by atoms with E-state index in [0.717, 1.165) is 18.8 Å². The molecule has 0 aromatic heterocycles. The zero-order valence-electron chi connectivity index (χ0n) is 10.7. The van der Waals surface area contributed by atoms with E-state index in [1.807, 2.05) is 13.8 Å². The summed E-state index contributed by atoms with van der Waals surface area (Å²) in [5.41, 5.74) is -0.241. The van der Waals surface area contributed by atoms with Gasteiger partial charge in [-0.15, -0.1) is 11.6 Å². The van der Waals surface area contributed by atoms with E-state index in [4.69, 9.17) is 11.6 Å². The van der Waals surface area contributed by atoms with Crippen LogP contribution in [0.5, 0.6) is 0 Å². The highest BCUT2D eigenvalue weighted by molar-refractivity contribution is 6.18. The standard InChI is InChI=1S/C13H24ClNO/c1-4-13(2,3)12(16)15-9-11-7-5-6-10(11)8-14/h10-11H,4-9H2,1-3H3,(H,15,16). The van der Waals surface area contributed by atoms with Crippen LogP contribution in [-0.4, -0.2) is 18.3 Å². The number of alkyl halides is 1. The minimum absolute atomic E-state index is 0.176. The normalized spacial score (nSPS) is 25.8. The van der Waals surface area contributed by atoms with Gasteiger partial charge in [0.25, 0.3) is 0 Å². The maximum atomic E-state index is 11.9. The average Bonchev–Trinajstić information content (AvgIpc) is 2.72. The molecule has 0 radical (unpaired) electrons. The number of carbonyl (C=O) groups is 1. The maximum Gasteiger partial charge on any atom is 0.225 e. The molecule has 0 aromatic rings. The van der Waals surface area contributed by atoms with Gasteiger partial charge in [-0.2, -0.15) is 0 Å². The van der Waals surface area contributed by atoms with Crippen LogP contribution in [0.3, 0.4) is 0 Å². The third-order valence-corrected chi connectivity index (χ3v) is 4.43. The maximum absolute atomic E-state index is 11.9. The molecule has 1 N–H and O–H groups in total. The second kappa shape index (κ2) is 5.90.